The summed E-state index contributed by atoms with van der Waals surface area (Å²) in [7, 11) is -7.18. The van der Waals surface area contributed by atoms with Gasteiger partial charge in [0.2, 0.25) is 31.9 Å². The lowest BCUT2D eigenvalue weighted by Gasteiger charge is -2.16. The topological polar surface area (TPSA) is 419 Å². The molecule has 0 radical (unpaired) electrons. The van der Waals surface area contributed by atoms with Crippen molar-refractivity contribution in [3.8, 4) is 6.07 Å². The first-order valence-corrected chi connectivity index (χ1v) is 48.5. The number of nitro groups is 1. The third kappa shape index (κ3) is 39.4. The number of nitro benzene ring substituents is 1. The average Bonchev–Trinajstić information content (AvgIpc) is 0.844. The zero-order chi connectivity index (χ0) is 106. The number of quaternary nitrogens is 1. The highest BCUT2D eigenvalue weighted by molar-refractivity contribution is 7.92. The molecule has 0 aliphatic carbocycles. The quantitative estimate of drug-likeness (QED) is 0.00866. The number of carbonyl (C=O) groups is 7. The van der Waals surface area contributed by atoms with Crippen LogP contribution < -0.4 is 26.6 Å². The Morgan fingerprint density at radius 2 is 0.634 bits per heavy atom. The first-order valence-electron chi connectivity index (χ1n) is 43.8. The predicted octanol–water partition coefficient (Wildman–Crippen LogP) is 22.9. The number of aryl methyl sites for hydroxylation is 9. The predicted molar refractivity (Wildman–Crippen MR) is 553 cm³/mol. The van der Waals surface area contributed by atoms with E-state index in [-0.39, 0.29) is 45.8 Å². The van der Waals surface area contributed by atoms with Crippen molar-refractivity contribution in [1.82, 2.24) is 0 Å². The van der Waals surface area contributed by atoms with Crippen LogP contribution in [0.15, 0.2) is 298 Å². The van der Waals surface area contributed by atoms with Gasteiger partial charge in [-0.2, -0.15) is 9.65 Å². The lowest BCUT2D eigenvalue weighted by atomic mass is 9.88. The molecule has 13 aromatic rings. The van der Waals surface area contributed by atoms with Crippen LogP contribution in [0.25, 0.3) is 6.08 Å². The highest BCUT2D eigenvalue weighted by atomic mass is 35.5. The number of Topliss-reactive ketones (excluding diaryl/α,β-unsaturated/α-hetero) is 4. The van der Waals surface area contributed by atoms with Crippen LogP contribution in [0.5, 0.6) is 0 Å². The van der Waals surface area contributed by atoms with Gasteiger partial charge in [0.25, 0.3) is 0 Å². The monoisotopic (exact) mass is 2010 g/mol. The highest BCUT2D eigenvalue weighted by Gasteiger charge is 2.28. The molecular formula is C111H116Cl2F4N7O16S2+. The van der Waals surface area contributed by atoms with E-state index in [9.17, 15) is 83.2 Å². The van der Waals surface area contributed by atoms with Crippen LogP contribution >= 0.6 is 23.2 Å². The molecule has 0 fully saturated rings. The van der Waals surface area contributed by atoms with Gasteiger partial charge in [0.05, 0.1) is 58.3 Å². The molecule has 744 valence electrons. The molecule has 13 rings (SSSR count). The fourth-order valence-electron chi connectivity index (χ4n) is 13.4. The number of ketones is 4. The number of nitrogens with two attached hydrogens (primary N) is 2. The van der Waals surface area contributed by atoms with Crippen molar-refractivity contribution < 1.29 is 93.9 Å². The summed E-state index contributed by atoms with van der Waals surface area (Å²) in [6.07, 6.45) is 3.71. The SMILES string of the molecule is C=Cc1ccc(C)cc1.CC(=O)C(Cl)c1ccc(C)cc1.CC(=O)C(c1ccc(C)cc1)c1ccc(N)c(F)c1.CC(=O)C(c1ccc(C)cc1)c1ccc(NS(C)(=O)=O)c(F)c1.CC(=O)C(c1ccc(C)cc1)c1ccc([N+](=O)[O-])c(F)c1.Cc1ccc(C(C(=O)O)c2ccc(NS(C)(=O)=O)c(F)c2)cc1.Cc1ccc(C(Cl)C(=O)O)cc1.Cc1ccc(C(N)C#N)cc1.Cc1ccc(C([NH3+])C(=O)O)cc1. The van der Waals surface area contributed by atoms with Gasteiger partial charge in [-0.05, 0) is 199 Å². The minimum Gasteiger partial charge on any atom is -0.481 e. The number of sulfonamides is 2. The normalized spacial score (nSPS) is 12.2. The molecule has 0 bridgehead atoms. The van der Waals surface area contributed by atoms with Gasteiger partial charge in [-0.3, -0.25) is 48.3 Å². The second-order valence-electron chi connectivity index (χ2n) is 33.5. The molecule has 8 atom stereocenters. The summed E-state index contributed by atoms with van der Waals surface area (Å²) in [6.45, 7) is 27.3. The van der Waals surface area contributed by atoms with Crippen molar-refractivity contribution in [1.29, 1.82) is 5.26 Å². The van der Waals surface area contributed by atoms with Crippen LogP contribution in [0.3, 0.4) is 0 Å². The van der Waals surface area contributed by atoms with Gasteiger partial charge in [0, 0.05) is 11.6 Å². The number of nitriles is 1. The molecule has 0 saturated heterocycles. The molecule has 23 nitrogen and oxygen atoms in total. The van der Waals surface area contributed by atoms with E-state index in [1.54, 1.807) is 72.8 Å². The number of carbonyl (C=O) groups excluding carboxylic acids is 4. The molecule has 0 aromatic heterocycles. The van der Waals surface area contributed by atoms with E-state index >= 15 is 0 Å². The van der Waals surface area contributed by atoms with E-state index in [1.807, 2.05) is 206 Å². The third-order valence-corrected chi connectivity index (χ3v) is 23.4. The molecule has 0 aliphatic heterocycles. The number of carboxylic acid groups (broad SMARTS) is 3. The minimum absolute atomic E-state index is 0.0134. The molecular weight excluding hydrogens is 1900 g/mol. The lowest BCUT2D eigenvalue weighted by molar-refractivity contribution is -0.413. The number of aliphatic carboxylic acids is 3. The fourth-order valence-corrected chi connectivity index (χ4v) is 14.8. The zero-order valence-corrected chi connectivity index (χ0v) is 84.3. The molecule has 0 aliphatic rings. The third-order valence-electron chi connectivity index (χ3n) is 21.2. The van der Waals surface area contributed by atoms with E-state index in [2.05, 4.69) is 48.2 Å². The number of rotatable bonds is 25. The van der Waals surface area contributed by atoms with Gasteiger partial charge in [0.15, 0.2) is 11.2 Å². The number of benzene rings is 13. The fraction of sp³-hybridized carbons (Fsp3) is 0.207. The Hall–Kier alpha value is -14.9. The van der Waals surface area contributed by atoms with Crippen molar-refractivity contribution in [3.63, 3.8) is 0 Å². The molecule has 0 heterocycles. The van der Waals surface area contributed by atoms with Gasteiger partial charge in [-0.1, -0.05) is 305 Å². The molecule has 12 N–H and O–H groups in total. The summed E-state index contributed by atoms with van der Waals surface area (Å²) in [5.41, 5.74) is 32.6. The second-order valence-corrected chi connectivity index (χ2v) is 37.8. The Labute approximate surface area is 836 Å². The first kappa shape index (κ1) is 118. The summed E-state index contributed by atoms with van der Waals surface area (Å²) in [6, 6.07) is 84.1. The smallest absolute Gasteiger partial charge is 0.367 e. The Balaban J connectivity index is 0.000000286. The molecule has 0 spiro atoms. The maximum atomic E-state index is 14.1. The summed E-state index contributed by atoms with van der Waals surface area (Å²) < 4.78 is 104. The lowest BCUT2D eigenvalue weighted by Crippen LogP contribution is -2.57. The van der Waals surface area contributed by atoms with Crippen LogP contribution in [-0.4, -0.2) is 90.6 Å². The number of nitrogen functional groups attached to an aromatic ring is 1. The number of hydrogen-bond donors (Lipinski definition) is 8. The van der Waals surface area contributed by atoms with Crippen molar-refractivity contribution in [2.45, 2.75) is 137 Å². The van der Waals surface area contributed by atoms with Gasteiger partial charge >= 0.3 is 23.6 Å². The summed E-state index contributed by atoms with van der Waals surface area (Å²) in [5.74, 6) is -8.97. The molecule has 31 heteroatoms. The van der Waals surface area contributed by atoms with Crippen LogP contribution in [0, 0.1) is 107 Å². The van der Waals surface area contributed by atoms with Crippen molar-refractivity contribution in [3.05, 3.63) is 454 Å². The number of carboxylic acids is 3. The van der Waals surface area contributed by atoms with Crippen LogP contribution in [0.2, 0.25) is 0 Å². The molecule has 142 heavy (non-hydrogen) atoms. The second kappa shape index (κ2) is 56.4. The van der Waals surface area contributed by atoms with Gasteiger partial charge < -0.3 is 32.5 Å². The van der Waals surface area contributed by atoms with Crippen LogP contribution in [0.1, 0.15) is 197 Å². The Bertz CT molecular complexity index is 6480. The van der Waals surface area contributed by atoms with Gasteiger partial charge in [-0.15, -0.1) is 23.2 Å². The van der Waals surface area contributed by atoms with E-state index in [0.29, 0.717) is 27.8 Å². The summed E-state index contributed by atoms with van der Waals surface area (Å²) >= 11 is 11.4. The van der Waals surface area contributed by atoms with Crippen molar-refractivity contribution in [2.75, 3.05) is 27.7 Å². The molecule has 0 saturated carbocycles. The highest BCUT2D eigenvalue weighted by Crippen LogP contribution is 2.35. The van der Waals surface area contributed by atoms with Crippen LogP contribution in [-0.2, 0) is 53.6 Å². The van der Waals surface area contributed by atoms with E-state index in [4.69, 9.17) is 50.1 Å². The van der Waals surface area contributed by atoms with E-state index < -0.39 is 118 Å². The number of nitrogens with one attached hydrogen (secondary N) is 2. The van der Waals surface area contributed by atoms with E-state index in [1.165, 1.54) is 92.4 Å². The average molecular weight is 2020 g/mol. The number of alkyl halides is 2. The van der Waals surface area contributed by atoms with Gasteiger partial charge in [0.1, 0.15) is 52.1 Å². The standard InChI is InChI=1S/C17H18FNO3S.C16H16FNO4S.C16H14FNO3.C16H16FNO.C10H11ClO.C9H9ClO2.C9H10N2.C9H11NO2.C9H10/c1-11-4-6-13(7-5-11)17(12(2)20)14-8-9-16(15(18)10-14)19-23(3,21)22;1-10-3-5-11(6-4-10)15(16(19)20)12-7-8-14(13(17)9-12)18-23(2,21)22;1-10-3-5-12(6-4-10)16(11(2)19)13-7-8-15(18(20)21)14(17)9-13;1-10-3-5-12(6-4-10)16(11(2)19)13-7-8-15(18)14(17)9-13;1-7-3-5-9(6-4-7)10(11)8(2)12;1-6-2-4-7(5-3-6)8(10)9(11)12;1-7-2-4-8(5-3-7)9(11)6-10;1-6-2-4-7(5-3-6)8(10)9(11)12;1-3-9-6-4-8(2)5-7-9/h4-10,17,19H,1-3H3;3-9,15,18H,1-2H3,(H,19,20);3-9,16H,1-2H3;3-9,16H,18H2,1-2H3;3-6,10H,1-2H3;2-5,8H,1H3,(H,11,12);2-5,9H,11H2,1H3;2-5,8H,10H2,1H3,(H,11,12);3-7H,1H2,2H3/p+1. The maximum absolute atomic E-state index is 14.1. The number of anilines is 3. The minimum atomic E-state index is -3.61. The Morgan fingerprint density at radius 3 is 0.887 bits per heavy atom. The largest absolute Gasteiger partial charge is 0.481 e. The zero-order valence-electron chi connectivity index (χ0n) is 81.1. The van der Waals surface area contributed by atoms with E-state index in [0.717, 1.165) is 97.5 Å². The molecule has 13 aromatic carbocycles. The summed E-state index contributed by atoms with van der Waals surface area (Å²) in [4.78, 5) is 89.1. The van der Waals surface area contributed by atoms with Gasteiger partial charge in [-0.25, -0.2) is 34.8 Å². The van der Waals surface area contributed by atoms with Crippen molar-refractivity contribution in [2.24, 2.45) is 5.73 Å². The number of nitrogens with zero attached hydrogens (tertiary/aromatic N) is 2. The van der Waals surface area contributed by atoms with Crippen LogP contribution in [0.4, 0.5) is 40.3 Å². The molecule has 8 unspecified atom stereocenters. The van der Waals surface area contributed by atoms with Crippen molar-refractivity contribution >= 4 is 113 Å². The number of halogens is 6. The Morgan fingerprint density at radius 1 is 0.380 bits per heavy atom. The maximum Gasteiger partial charge on any atom is 0.367 e. The summed E-state index contributed by atoms with van der Waals surface area (Å²) in [5, 5.41) is 44.4. The first-order chi connectivity index (χ1) is 66.6. The number of hydrogen-bond acceptors (Lipinski definition) is 16. The Kier molecular flexibility index (Phi) is 46.7. The molecule has 0 amide bonds.